The fourth-order valence-corrected chi connectivity index (χ4v) is 3.97. The van der Waals surface area contributed by atoms with Gasteiger partial charge in [0.05, 0.1) is 13.2 Å². The second-order valence-corrected chi connectivity index (χ2v) is 7.35. The Morgan fingerprint density at radius 2 is 1.96 bits per heavy atom. The molecule has 2 heterocycles. The third-order valence-electron chi connectivity index (χ3n) is 5.55. The van der Waals surface area contributed by atoms with Gasteiger partial charge < -0.3 is 25.0 Å². The predicted molar refractivity (Wildman–Crippen MR) is 103 cm³/mol. The van der Waals surface area contributed by atoms with E-state index in [2.05, 4.69) is 12.2 Å². The van der Waals surface area contributed by atoms with Gasteiger partial charge in [-0.25, -0.2) is 4.79 Å². The highest BCUT2D eigenvalue weighted by molar-refractivity contribution is 5.91. The van der Waals surface area contributed by atoms with E-state index in [-0.39, 0.29) is 23.6 Å². The number of nitrogens with zero attached hydrogens (tertiary/aromatic N) is 2. The fraction of sp³-hybridized carbons (Fsp3) is 0.600. The van der Waals surface area contributed by atoms with Crippen LogP contribution in [0.25, 0.3) is 0 Å². The summed E-state index contributed by atoms with van der Waals surface area (Å²) in [6.07, 6.45) is 2.22. The van der Waals surface area contributed by atoms with Crippen LogP contribution in [0.5, 0.6) is 5.75 Å². The smallest absolute Gasteiger partial charge is 0.320 e. The summed E-state index contributed by atoms with van der Waals surface area (Å²) in [5, 5.41) is 12.4. The van der Waals surface area contributed by atoms with Crippen molar-refractivity contribution in [2.75, 3.05) is 44.7 Å². The normalized spacial score (nSPS) is 23.1. The van der Waals surface area contributed by atoms with E-state index in [0.717, 1.165) is 12.8 Å². The first-order chi connectivity index (χ1) is 13.1. The number of carbonyl (C=O) groups is 2. The maximum atomic E-state index is 12.7. The van der Waals surface area contributed by atoms with E-state index in [9.17, 15) is 14.7 Å². The number of hydrogen-bond donors (Lipinski definition) is 2. The van der Waals surface area contributed by atoms with E-state index in [4.69, 9.17) is 4.74 Å². The van der Waals surface area contributed by atoms with Crippen LogP contribution in [0.2, 0.25) is 0 Å². The standard InChI is InChI=1S/C20H29N3O4/c1-2-15-14-23(20(26)22-8-10-27-11-9-22)7-6-16(15)12-19(25)21-17-4-3-5-18(24)13-17/h3-5,13,15-16,24H,2,6-12,14H2,1H3,(H,21,25)/t15-,16-/m0/s1. The number of piperidine rings is 1. The van der Waals surface area contributed by atoms with E-state index in [1.807, 2.05) is 9.80 Å². The number of morpholine rings is 1. The Balaban J connectivity index is 1.53. The van der Waals surface area contributed by atoms with Gasteiger partial charge in [-0.1, -0.05) is 19.4 Å². The number of likely N-dealkylation sites (tertiary alicyclic amines) is 1. The zero-order valence-corrected chi connectivity index (χ0v) is 15.9. The molecule has 3 amide bonds. The Kier molecular flexibility index (Phi) is 6.55. The molecule has 2 atom stereocenters. The third-order valence-corrected chi connectivity index (χ3v) is 5.55. The number of nitrogens with one attached hydrogen (secondary N) is 1. The lowest BCUT2D eigenvalue weighted by Crippen LogP contribution is -2.52. The molecule has 2 N–H and O–H groups in total. The largest absolute Gasteiger partial charge is 0.508 e. The van der Waals surface area contributed by atoms with Crippen molar-refractivity contribution in [3.05, 3.63) is 24.3 Å². The minimum atomic E-state index is -0.0444. The number of hydrogen-bond acceptors (Lipinski definition) is 4. The van der Waals surface area contributed by atoms with Crippen LogP contribution >= 0.6 is 0 Å². The number of rotatable bonds is 4. The number of aromatic hydroxyl groups is 1. The molecule has 0 spiro atoms. The summed E-state index contributed by atoms with van der Waals surface area (Å²) < 4.78 is 5.32. The molecule has 2 aliphatic heterocycles. The highest BCUT2D eigenvalue weighted by Crippen LogP contribution is 2.30. The molecule has 1 aromatic rings. The van der Waals surface area contributed by atoms with E-state index in [1.54, 1.807) is 24.3 Å². The highest BCUT2D eigenvalue weighted by Gasteiger charge is 2.33. The van der Waals surface area contributed by atoms with Crippen LogP contribution in [0.3, 0.4) is 0 Å². The van der Waals surface area contributed by atoms with Crippen molar-refractivity contribution < 1.29 is 19.4 Å². The molecule has 0 radical (unpaired) electrons. The van der Waals surface area contributed by atoms with Gasteiger partial charge in [0.1, 0.15) is 5.75 Å². The van der Waals surface area contributed by atoms with Crippen molar-refractivity contribution >= 4 is 17.6 Å². The molecule has 0 saturated carbocycles. The van der Waals surface area contributed by atoms with Crippen LogP contribution in [0.15, 0.2) is 24.3 Å². The second kappa shape index (κ2) is 9.08. The van der Waals surface area contributed by atoms with Gasteiger partial charge in [0, 0.05) is 44.4 Å². The number of carbonyl (C=O) groups excluding carboxylic acids is 2. The molecule has 1 aromatic carbocycles. The Hall–Kier alpha value is -2.28. The van der Waals surface area contributed by atoms with Gasteiger partial charge in [0.25, 0.3) is 0 Å². The molecule has 3 rings (SSSR count). The molecular formula is C20H29N3O4. The van der Waals surface area contributed by atoms with Gasteiger partial charge in [0.2, 0.25) is 5.91 Å². The molecular weight excluding hydrogens is 346 g/mol. The molecule has 2 aliphatic rings. The molecule has 2 saturated heterocycles. The summed E-state index contributed by atoms with van der Waals surface area (Å²) in [5.41, 5.74) is 0.605. The first kappa shape index (κ1) is 19.5. The van der Waals surface area contributed by atoms with Crippen LogP contribution in [0, 0.1) is 11.8 Å². The first-order valence-corrected chi connectivity index (χ1v) is 9.77. The average molecular weight is 375 g/mol. The Bertz CT molecular complexity index is 660. The molecule has 148 valence electrons. The number of ether oxygens (including phenoxy) is 1. The summed E-state index contributed by atoms with van der Waals surface area (Å²) >= 11 is 0. The van der Waals surface area contributed by atoms with E-state index in [1.165, 1.54) is 0 Å². The minimum Gasteiger partial charge on any atom is -0.508 e. The van der Waals surface area contributed by atoms with Crippen LogP contribution in [-0.4, -0.2) is 66.2 Å². The zero-order chi connectivity index (χ0) is 19.2. The minimum absolute atomic E-state index is 0.0444. The van der Waals surface area contributed by atoms with E-state index in [0.29, 0.717) is 57.4 Å². The van der Waals surface area contributed by atoms with Crippen molar-refractivity contribution in [1.29, 1.82) is 0 Å². The monoisotopic (exact) mass is 375 g/mol. The van der Waals surface area contributed by atoms with Gasteiger partial charge in [-0.2, -0.15) is 0 Å². The summed E-state index contributed by atoms with van der Waals surface area (Å²) in [6.45, 7) is 6.04. The predicted octanol–water partition coefficient (Wildman–Crippen LogP) is 2.52. The average Bonchev–Trinajstić information content (AvgIpc) is 2.68. The Morgan fingerprint density at radius 1 is 1.19 bits per heavy atom. The number of phenols is 1. The Morgan fingerprint density at radius 3 is 2.67 bits per heavy atom. The topological polar surface area (TPSA) is 82.1 Å². The number of benzene rings is 1. The lowest BCUT2D eigenvalue weighted by atomic mass is 9.81. The zero-order valence-electron chi connectivity index (χ0n) is 15.9. The van der Waals surface area contributed by atoms with Crippen LogP contribution in [-0.2, 0) is 9.53 Å². The van der Waals surface area contributed by atoms with Gasteiger partial charge in [0.15, 0.2) is 0 Å². The SMILES string of the molecule is CC[C@H]1CN(C(=O)N2CCOCC2)CC[C@H]1CC(=O)Nc1cccc(O)c1. The van der Waals surface area contributed by atoms with Crippen molar-refractivity contribution in [3.8, 4) is 5.75 Å². The number of urea groups is 1. The molecule has 0 bridgehead atoms. The molecule has 2 fully saturated rings. The lowest BCUT2D eigenvalue weighted by Gasteiger charge is -2.41. The molecule has 0 aromatic heterocycles. The maximum absolute atomic E-state index is 12.7. The van der Waals surface area contributed by atoms with Crippen LogP contribution in [0.1, 0.15) is 26.2 Å². The highest BCUT2D eigenvalue weighted by atomic mass is 16.5. The van der Waals surface area contributed by atoms with E-state index >= 15 is 0 Å². The third kappa shape index (κ3) is 5.13. The Labute approximate surface area is 160 Å². The van der Waals surface area contributed by atoms with Gasteiger partial charge >= 0.3 is 6.03 Å². The van der Waals surface area contributed by atoms with Crippen LogP contribution < -0.4 is 5.32 Å². The molecule has 0 unspecified atom stereocenters. The summed E-state index contributed by atoms with van der Waals surface area (Å²) in [7, 11) is 0. The van der Waals surface area contributed by atoms with Crippen molar-refractivity contribution in [1.82, 2.24) is 9.80 Å². The lowest BCUT2D eigenvalue weighted by molar-refractivity contribution is -0.117. The van der Waals surface area contributed by atoms with Gasteiger partial charge in [-0.15, -0.1) is 0 Å². The summed E-state index contributed by atoms with van der Waals surface area (Å²) in [6, 6.07) is 6.68. The number of amides is 3. The molecule has 27 heavy (non-hydrogen) atoms. The molecule has 0 aliphatic carbocycles. The fourth-order valence-electron chi connectivity index (χ4n) is 3.97. The van der Waals surface area contributed by atoms with Crippen molar-refractivity contribution in [2.24, 2.45) is 11.8 Å². The molecule has 7 heteroatoms. The molecule has 7 nitrogen and oxygen atoms in total. The summed E-state index contributed by atoms with van der Waals surface area (Å²) in [5.74, 6) is 0.672. The van der Waals surface area contributed by atoms with Crippen LogP contribution in [0.4, 0.5) is 10.5 Å². The van der Waals surface area contributed by atoms with E-state index < -0.39 is 0 Å². The van der Waals surface area contributed by atoms with Gasteiger partial charge in [-0.05, 0) is 30.4 Å². The number of phenolic OH excluding ortho intramolecular Hbond substituents is 1. The van der Waals surface area contributed by atoms with Gasteiger partial charge in [-0.3, -0.25) is 4.79 Å². The quantitative estimate of drug-likeness (QED) is 0.847. The first-order valence-electron chi connectivity index (χ1n) is 9.77. The number of anilines is 1. The maximum Gasteiger partial charge on any atom is 0.320 e. The van der Waals surface area contributed by atoms with Crippen molar-refractivity contribution in [3.63, 3.8) is 0 Å². The summed E-state index contributed by atoms with van der Waals surface area (Å²) in [4.78, 5) is 28.9. The second-order valence-electron chi connectivity index (χ2n) is 7.35. The van der Waals surface area contributed by atoms with Crippen molar-refractivity contribution in [2.45, 2.75) is 26.2 Å².